The molecule has 0 atom stereocenters. The maximum Gasteiger partial charge on any atom is 0.293 e. The standard InChI is InChI=1S/C19H23N3O4S/c23-22(24)19-14-17(27(25,26)21-12-6-1-2-7-13-21)10-11-18(19)20-15-16-8-4-3-5-9-16/h3-5,8-11,14,20H,1-2,6-7,12-13,15H2. The molecule has 2 aromatic carbocycles. The van der Waals surface area contributed by atoms with Gasteiger partial charge in [-0.15, -0.1) is 0 Å². The van der Waals surface area contributed by atoms with Crippen molar-refractivity contribution in [2.24, 2.45) is 0 Å². The van der Waals surface area contributed by atoms with Crippen LogP contribution in [0.1, 0.15) is 31.2 Å². The molecule has 1 N–H and O–H groups in total. The first-order valence-electron chi connectivity index (χ1n) is 9.05. The lowest BCUT2D eigenvalue weighted by atomic mass is 10.2. The minimum absolute atomic E-state index is 0.0265. The summed E-state index contributed by atoms with van der Waals surface area (Å²) >= 11 is 0. The summed E-state index contributed by atoms with van der Waals surface area (Å²) < 4.78 is 27.2. The lowest BCUT2D eigenvalue weighted by Crippen LogP contribution is -2.32. The van der Waals surface area contributed by atoms with E-state index in [1.807, 2.05) is 30.3 Å². The SMILES string of the molecule is O=[N+]([O-])c1cc(S(=O)(=O)N2CCCCCC2)ccc1NCc1ccccc1. The lowest BCUT2D eigenvalue weighted by molar-refractivity contribution is -0.384. The van der Waals surface area contributed by atoms with Crippen LogP contribution in [0.25, 0.3) is 0 Å². The monoisotopic (exact) mass is 389 g/mol. The number of nitrogens with one attached hydrogen (secondary N) is 1. The predicted molar refractivity (Wildman–Crippen MR) is 104 cm³/mol. The molecule has 1 aliphatic rings. The molecule has 0 aromatic heterocycles. The van der Waals surface area contributed by atoms with Crippen molar-refractivity contribution in [3.63, 3.8) is 0 Å². The Hall–Kier alpha value is -2.45. The molecule has 0 amide bonds. The summed E-state index contributed by atoms with van der Waals surface area (Å²) in [7, 11) is -3.72. The van der Waals surface area contributed by atoms with Crippen LogP contribution in [-0.4, -0.2) is 30.7 Å². The molecule has 0 bridgehead atoms. The average molecular weight is 389 g/mol. The van der Waals surface area contributed by atoms with Crippen LogP contribution in [0.2, 0.25) is 0 Å². The van der Waals surface area contributed by atoms with Gasteiger partial charge in [-0.05, 0) is 30.5 Å². The van der Waals surface area contributed by atoms with Gasteiger partial charge in [0, 0.05) is 25.7 Å². The first-order chi connectivity index (χ1) is 13.0. The third-order valence-electron chi connectivity index (χ3n) is 4.69. The number of nitro benzene ring substituents is 1. The highest BCUT2D eigenvalue weighted by Gasteiger charge is 2.28. The van der Waals surface area contributed by atoms with Gasteiger partial charge in [0.1, 0.15) is 5.69 Å². The summed E-state index contributed by atoms with van der Waals surface area (Å²) in [6.07, 6.45) is 3.65. The average Bonchev–Trinajstić information content (AvgIpc) is 2.97. The molecule has 7 nitrogen and oxygen atoms in total. The molecule has 0 radical (unpaired) electrons. The van der Waals surface area contributed by atoms with E-state index in [9.17, 15) is 18.5 Å². The van der Waals surface area contributed by atoms with Crippen LogP contribution in [0, 0.1) is 10.1 Å². The second-order valence-electron chi connectivity index (χ2n) is 6.59. The third-order valence-corrected chi connectivity index (χ3v) is 6.59. The Morgan fingerprint density at radius 3 is 2.30 bits per heavy atom. The van der Waals surface area contributed by atoms with E-state index in [2.05, 4.69) is 5.32 Å². The van der Waals surface area contributed by atoms with E-state index in [1.165, 1.54) is 16.4 Å². The topological polar surface area (TPSA) is 92.5 Å². The van der Waals surface area contributed by atoms with Gasteiger partial charge >= 0.3 is 0 Å². The number of benzene rings is 2. The highest BCUT2D eigenvalue weighted by atomic mass is 32.2. The summed E-state index contributed by atoms with van der Waals surface area (Å²) in [5.74, 6) is 0. The van der Waals surface area contributed by atoms with Crippen molar-refractivity contribution in [1.29, 1.82) is 0 Å². The smallest absolute Gasteiger partial charge is 0.293 e. The largest absolute Gasteiger partial charge is 0.375 e. The molecule has 0 unspecified atom stereocenters. The van der Waals surface area contributed by atoms with E-state index in [0.29, 0.717) is 25.3 Å². The predicted octanol–water partition coefficient (Wildman–Crippen LogP) is 3.77. The van der Waals surface area contributed by atoms with Gasteiger partial charge in [-0.2, -0.15) is 4.31 Å². The number of sulfonamides is 1. The quantitative estimate of drug-likeness (QED) is 0.600. The molecule has 0 aliphatic carbocycles. The van der Waals surface area contributed by atoms with Crippen LogP contribution in [-0.2, 0) is 16.6 Å². The maximum absolute atomic E-state index is 12.9. The number of rotatable bonds is 6. The number of hydrogen-bond acceptors (Lipinski definition) is 5. The second kappa shape index (κ2) is 8.49. The van der Waals surface area contributed by atoms with E-state index in [1.54, 1.807) is 0 Å². The van der Waals surface area contributed by atoms with Gasteiger partial charge in [0.15, 0.2) is 0 Å². The van der Waals surface area contributed by atoms with Crippen LogP contribution >= 0.6 is 0 Å². The zero-order valence-electron chi connectivity index (χ0n) is 15.0. The highest BCUT2D eigenvalue weighted by molar-refractivity contribution is 7.89. The Kier molecular flexibility index (Phi) is 6.08. The van der Waals surface area contributed by atoms with Crippen LogP contribution in [0.5, 0.6) is 0 Å². The molecule has 1 aliphatic heterocycles. The van der Waals surface area contributed by atoms with Crippen LogP contribution in [0.15, 0.2) is 53.4 Å². The fourth-order valence-corrected chi connectivity index (χ4v) is 4.73. The second-order valence-corrected chi connectivity index (χ2v) is 8.53. The van der Waals surface area contributed by atoms with Crippen molar-refractivity contribution in [2.75, 3.05) is 18.4 Å². The van der Waals surface area contributed by atoms with E-state index in [0.717, 1.165) is 37.3 Å². The van der Waals surface area contributed by atoms with Crippen LogP contribution in [0.3, 0.4) is 0 Å². The Balaban J connectivity index is 1.85. The molecular weight excluding hydrogens is 366 g/mol. The molecule has 2 aromatic rings. The van der Waals surface area contributed by atoms with Crippen LogP contribution < -0.4 is 5.32 Å². The van der Waals surface area contributed by atoms with E-state index in [-0.39, 0.29) is 10.6 Å². The van der Waals surface area contributed by atoms with Crippen molar-refractivity contribution in [3.05, 3.63) is 64.2 Å². The molecular formula is C19H23N3O4S. The van der Waals surface area contributed by atoms with Crippen molar-refractivity contribution in [3.8, 4) is 0 Å². The molecule has 144 valence electrons. The number of nitro groups is 1. The van der Waals surface area contributed by atoms with Crippen molar-refractivity contribution in [2.45, 2.75) is 37.1 Å². The molecule has 8 heteroatoms. The highest BCUT2D eigenvalue weighted by Crippen LogP contribution is 2.30. The molecule has 1 saturated heterocycles. The minimum atomic E-state index is -3.72. The van der Waals surface area contributed by atoms with Crippen molar-refractivity contribution >= 4 is 21.4 Å². The molecule has 0 saturated carbocycles. The molecule has 3 rings (SSSR count). The fraction of sp³-hybridized carbons (Fsp3) is 0.368. The van der Waals surface area contributed by atoms with Gasteiger partial charge in [0.05, 0.1) is 9.82 Å². The fourth-order valence-electron chi connectivity index (χ4n) is 3.20. The number of nitrogens with zero attached hydrogens (tertiary/aromatic N) is 2. The van der Waals surface area contributed by atoms with Gasteiger partial charge in [-0.1, -0.05) is 43.2 Å². The zero-order chi connectivity index (χ0) is 19.3. The maximum atomic E-state index is 12.9. The van der Waals surface area contributed by atoms with Gasteiger partial charge in [-0.3, -0.25) is 10.1 Å². The van der Waals surface area contributed by atoms with Gasteiger partial charge in [-0.25, -0.2) is 8.42 Å². The first-order valence-corrected chi connectivity index (χ1v) is 10.5. The van der Waals surface area contributed by atoms with Crippen molar-refractivity contribution < 1.29 is 13.3 Å². The molecule has 1 fully saturated rings. The summed E-state index contributed by atoms with van der Waals surface area (Å²) in [5, 5.41) is 14.5. The Morgan fingerprint density at radius 1 is 1.00 bits per heavy atom. The third kappa shape index (κ3) is 4.64. The van der Waals surface area contributed by atoms with E-state index < -0.39 is 14.9 Å². The van der Waals surface area contributed by atoms with Gasteiger partial charge in [0.2, 0.25) is 10.0 Å². The summed E-state index contributed by atoms with van der Waals surface area (Å²) in [6, 6.07) is 13.6. The Labute approximate surface area is 159 Å². The summed E-state index contributed by atoms with van der Waals surface area (Å²) in [5.41, 5.74) is 1.05. The van der Waals surface area contributed by atoms with Crippen LogP contribution in [0.4, 0.5) is 11.4 Å². The normalized spacial score (nSPS) is 15.9. The van der Waals surface area contributed by atoms with Gasteiger partial charge in [0.25, 0.3) is 5.69 Å². The zero-order valence-corrected chi connectivity index (χ0v) is 15.8. The molecule has 27 heavy (non-hydrogen) atoms. The first kappa shape index (κ1) is 19.3. The Morgan fingerprint density at radius 2 is 1.67 bits per heavy atom. The minimum Gasteiger partial charge on any atom is -0.375 e. The Bertz CT molecular complexity index is 892. The number of hydrogen-bond donors (Lipinski definition) is 1. The molecule has 0 spiro atoms. The van der Waals surface area contributed by atoms with Gasteiger partial charge < -0.3 is 5.32 Å². The van der Waals surface area contributed by atoms with Crippen molar-refractivity contribution in [1.82, 2.24) is 4.31 Å². The summed E-state index contributed by atoms with van der Waals surface area (Å²) in [6.45, 7) is 1.34. The lowest BCUT2D eigenvalue weighted by Gasteiger charge is -2.20. The number of anilines is 1. The molecule has 1 heterocycles. The van der Waals surface area contributed by atoms with E-state index in [4.69, 9.17) is 0 Å². The van der Waals surface area contributed by atoms with E-state index >= 15 is 0 Å². The summed E-state index contributed by atoms with van der Waals surface area (Å²) in [4.78, 5) is 10.9.